The van der Waals surface area contributed by atoms with Gasteiger partial charge in [0.1, 0.15) is 6.61 Å². The van der Waals surface area contributed by atoms with Crippen LogP contribution >= 0.6 is 0 Å². The summed E-state index contributed by atoms with van der Waals surface area (Å²) in [6, 6.07) is 0. The number of methoxy groups -OCH3 is 1. The van der Waals surface area contributed by atoms with Crippen molar-refractivity contribution in [3.8, 4) is 0 Å². The molecule has 40 valence electrons. The molecule has 0 aromatic carbocycles. The van der Waals surface area contributed by atoms with E-state index >= 15 is 0 Å². The number of rotatable bonds is 2. The molecule has 0 aromatic heterocycles. The molecule has 0 spiro atoms. The second-order valence-electron chi connectivity index (χ2n) is 0.827. The van der Waals surface area contributed by atoms with E-state index in [2.05, 4.69) is 4.74 Å². The number of ether oxygens (including phenoxy) is 1. The van der Waals surface area contributed by atoms with Crippen LogP contribution in [0.1, 0.15) is 0 Å². The van der Waals surface area contributed by atoms with Gasteiger partial charge in [-0.2, -0.15) is 0 Å². The maximum atomic E-state index is 9.47. The number of aliphatic carboxylic acids is 1. The molecule has 0 radical (unpaired) electrons. The summed E-state index contributed by atoms with van der Waals surface area (Å²) >= 11 is 0. The van der Waals surface area contributed by atoms with Crippen molar-refractivity contribution >= 4 is 54.9 Å². The van der Waals surface area contributed by atoms with Gasteiger partial charge >= 0.3 is 54.9 Å². The van der Waals surface area contributed by atoms with E-state index in [9.17, 15) is 4.79 Å². The summed E-state index contributed by atoms with van der Waals surface area (Å²) in [5, 5.41) is 7.79. The van der Waals surface area contributed by atoms with Gasteiger partial charge in [-0.1, -0.05) is 0 Å². The van der Waals surface area contributed by atoms with Crippen LogP contribution in [-0.4, -0.2) is 73.7 Å². The van der Waals surface area contributed by atoms with Gasteiger partial charge in [0.05, 0.1) is 0 Å². The Bertz CT molecular complexity index is 54.1. The van der Waals surface area contributed by atoms with Crippen LogP contribution in [0.5, 0.6) is 0 Å². The number of hydrogen-bond donors (Lipinski definition) is 1. The molecule has 0 fully saturated rings. The van der Waals surface area contributed by atoms with Crippen LogP contribution in [0.2, 0.25) is 0 Å². The van der Waals surface area contributed by atoms with Crippen LogP contribution in [0.25, 0.3) is 0 Å². The maximum absolute atomic E-state index is 9.47. The van der Waals surface area contributed by atoms with Gasteiger partial charge in [0.15, 0.2) is 0 Å². The van der Waals surface area contributed by atoms with Crippen LogP contribution in [0.4, 0.5) is 0 Å². The first-order valence-corrected chi connectivity index (χ1v) is 1.48. The molecule has 4 heteroatoms. The van der Waals surface area contributed by atoms with Crippen molar-refractivity contribution in [3.63, 3.8) is 0 Å². The fraction of sp³-hybridized carbons (Fsp3) is 0.667. The molecule has 0 saturated carbocycles. The van der Waals surface area contributed by atoms with Crippen molar-refractivity contribution in [2.45, 2.75) is 0 Å². The van der Waals surface area contributed by atoms with Crippen molar-refractivity contribution < 1.29 is 14.6 Å². The normalized spacial score (nSPS) is 7.00. The van der Waals surface area contributed by atoms with E-state index in [4.69, 9.17) is 5.11 Å². The van der Waals surface area contributed by atoms with Crippen LogP contribution in [-0.2, 0) is 9.53 Å². The molecule has 0 aliphatic rings. The SMILES string of the molecule is COCC(=O)O.[BaH2]. The van der Waals surface area contributed by atoms with Crippen molar-refractivity contribution in [3.05, 3.63) is 0 Å². The second-order valence-corrected chi connectivity index (χ2v) is 0.827. The average Bonchev–Trinajstić information content (AvgIpc) is 1.35. The van der Waals surface area contributed by atoms with Gasteiger partial charge in [-0.25, -0.2) is 4.79 Å². The van der Waals surface area contributed by atoms with Gasteiger partial charge < -0.3 is 9.84 Å². The molecule has 1 N–H and O–H groups in total. The van der Waals surface area contributed by atoms with E-state index < -0.39 is 5.97 Å². The fourth-order valence-corrected chi connectivity index (χ4v) is 0.123. The number of hydrogen-bond acceptors (Lipinski definition) is 2. The van der Waals surface area contributed by atoms with Crippen molar-refractivity contribution in [2.75, 3.05) is 13.7 Å². The molecule has 0 rings (SSSR count). The van der Waals surface area contributed by atoms with Gasteiger partial charge in [0, 0.05) is 7.11 Å². The molecule has 3 nitrogen and oxygen atoms in total. The first kappa shape index (κ1) is 10.9. The van der Waals surface area contributed by atoms with Crippen molar-refractivity contribution in [1.29, 1.82) is 0 Å². The summed E-state index contributed by atoms with van der Waals surface area (Å²) in [6.07, 6.45) is 0. The zero-order chi connectivity index (χ0) is 4.99. The molecule has 0 amide bonds. The Balaban J connectivity index is 0. The molecule has 7 heavy (non-hydrogen) atoms. The molecule has 0 saturated heterocycles. The van der Waals surface area contributed by atoms with Gasteiger partial charge in [-0.15, -0.1) is 0 Å². The molecule has 0 aromatic rings. The molecular formula is C3H8BaO3. The summed E-state index contributed by atoms with van der Waals surface area (Å²) in [7, 11) is 1.34. The molecular weight excluding hydrogens is 221 g/mol. The third kappa shape index (κ3) is 10.9. The van der Waals surface area contributed by atoms with Crippen molar-refractivity contribution in [1.82, 2.24) is 0 Å². The number of carbonyl (C=O) groups is 1. The Hall–Kier alpha value is 1.00. The van der Waals surface area contributed by atoms with E-state index in [-0.39, 0.29) is 55.5 Å². The molecule has 0 unspecified atom stereocenters. The molecule has 0 aliphatic heterocycles. The van der Waals surface area contributed by atoms with E-state index in [0.717, 1.165) is 0 Å². The van der Waals surface area contributed by atoms with E-state index in [1.807, 2.05) is 0 Å². The third-order valence-corrected chi connectivity index (χ3v) is 0.268. The van der Waals surface area contributed by atoms with Gasteiger partial charge in [-0.05, 0) is 0 Å². The van der Waals surface area contributed by atoms with Crippen LogP contribution < -0.4 is 0 Å². The van der Waals surface area contributed by atoms with Gasteiger partial charge in [0.25, 0.3) is 0 Å². The Morgan fingerprint density at radius 2 is 2.29 bits per heavy atom. The molecule has 0 aliphatic carbocycles. The van der Waals surface area contributed by atoms with Crippen molar-refractivity contribution in [2.24, 2.45) is 0 Å². The molecule has 0 bridgehead atoms. The topological polar surface area (TPSA) is 46.5 Å². The third-order valence-electron chi connectivity index (χ3n) is 0.268. The summed E-state index contributed by atoms with van der Waals surface area (Å²) in [5.74, 6) is -0.933. The van der Waals surface area contributed by atoms with Crippen LogP contribution in [0, 0.1) is 0 Å². The summed E-state index contributed by atoms with van der Waals surface area (Å²) in [6.45, 7) is -0.208. The van der Waals surface area contributed by atoms with Crippen LogP contribution in [0.3, 0.4) is 0 Å². The summed E-state index contributed by atoms with van der Waals surface area (Å²) in [4.78, 5) is 9.47. The van der Waals surface area contributed by atoms with Gasteiger partial charge in [-0.3, -0.25) is 0 Å². The summed E-state index contributed by atoms with van der Waals surface area (Å²) < 4.78 is 4.20. The Morgan fingerprint density at radius 1 is 1.86 bits per heavy atom. The van der Waals surface area contributed by atoms with E-state index in [1.165, 1.54) is 7.11 Å². The number of carboxylic acids is 1. The monoisotopic (exact) mass is 230 g/mol. The zero-order valence-corrected chi connectivity index (χ0v) is 3.47. The standard InChI is InChI=1S/C3H6O3.Ba.2H/c1-6-2-3(4)5;;;/h2H2,1H3,(H,4,5);;;. The van der Waals surface area contributed by atoms with Gasteiger partial charge in [0.2, 0.25) is 0 Å². The minimum absolute atomic E-state index is 0. The molecule has 0 atom stereocenters. The van der Waals surface area contributed by atoms with E-state index in [0.29, 0.717) is 0 Å². The summed E-state index contributed by atoms with van der Waals surface area (Å²) in [5.41, 5.74) is 0. The number of carboxylic acid groups (broad SMARTS) is 1. The van der Waals surface area contributed by atoms with E-state index in [1.54, 1.807) is 0 Å². The second kappa shape index (κ2) is 7.00. The fourth-order valence-electron chi connectivity index (χ4n) is 0.123. The predicted molar refractivity (Wildman–Crippen MR) is 28.1 cm³/mol. The first-order chi connectivity index (χ1) is 2.77. The first-order valence-electron chi connectivity index (χ1n) is 1.48. The quantitative estimate of drug-likeness (QED) is 0.605. The predicted octanol–water partition coefficient (Wildman–Crippen LogP) is -1.20. The molecule has 0 heterocycles. The average molecular weight is 229 g/mol. The Morgan fingerprint density at radius 3 is 2.29 bits per heavy atom. The zero-order valence-electron chi connectivity index (χ0n) is 3.47. The minimum atomic E-state index is -0.933. The Labute approximate surface area is 82.1 Å². The Kier molecular flexibility index (Phi) is 10.9. The van der Waals surface area contributed by atoms with Crippen LogP contribution in [0.15, 0.2) is 0 Å².